The summed E-state index contributed by atoms with van der Waals surface area (Å²) in [6.45, 7) is 8.34. The molecule has 0 saturated carbocycles. The molecule has 10 nitrogen and oxygen atoms in total. The molecule has 3 aliphatic rings. The van der Waals surface area contributed by atoms with Gasteiger partial charge in [0.15, 0.2) is 0 Å². The van der Waals surface area contributed by atoms with Crippen molar-refractivity contribution in [2.45, 2.75) is 58.2 Å². The Morgan fingerprint density at radius 1 is 1.11 bits per heavy atom. The average Bonchev–Trinajstić information content (AvgIpc) is 3.46. The van der Waals surface area contributed by atoms with Crippen molar-refractivity contribution in [2.24, 2.45) is 5.92 Å². The minimum Gasteiger partial charge on any atom is -0.462 e. The monoisotopic (exact) mass is 597 g/mol. The first-order valence-corrected chi connectivity index (χ1v) is 15.9. The van der Waals surface area contributed by atoms with Crippen LogP contribution in [0.5, 0.6) is 6.01 Å². The van der Waals surface area contributed by atoms with E-state index in [9.17, 15) is 15.2 Å². The highest BCUT2D eigenvalue weighted by Crippen LogP contribution is 2.36. The van der Waals surface area contributed by atoms with Crippen molar-refractivity contribution in [3.63, 3.8) is 0 Å². The van der Waals surface area contributed by atoms with Crippen LogP contribution < -0.4 is 14.5 Å². The van der Waals surface area contributed by atoms with E-state index >= 15 is 0 Å². The van der Waals surface area contributed by atoms with Gasteiger partial charge in [-0.25, -0.2) is 0 Å². The molecule has 0 aliphatic carbocycles. The zero-order chi connectivity index (χ0) is 30.8. The Hall–Kier alpha value is -3.94. The fourth-order valence-electron chi connectivity index (χ4n) is 7.03. The summed E-state index contributed by atoms with van der Waals surface area (Å²) in [7, 11) is 2.14. The smallest absolute Gasteiger partial charge is 0.318 e. The highest BCUT2D eigenvalue weighted by Gasteiger charge is 2.35. The van der Waals surface area contributed by atoms with Crippen molar-refractivity contribution in [3.05, 3.63) is 53.2 Å². The molecular formula is C34H43N7O3. The Balaban J connectivity index is 1.33. The van der Waals surface area contributed by atoms with Crippen molar-refractivity contribution < 1.29 is 14.6 Å². The molecule has 1 N–H and O–H groups in total. The van der Waals surface area contributed by atoms with Crippen molar-refractivity contribution in [1.29, 1.82) is 5.26 Å². The van der Waals surface area contributed by atoms with Gasteiger partial charge < -0.3 is 29.4 Å². The summed E-state index contributed by atoms with van der Waals surface area (Å²) in [5.41, 5.74) is 4.54. The molecule has 2 saturated heterocycles. The molecular weight excluding hydrogens is 554 g/mol. The van der Waals surface area contributed by atoms with Gasteiger partial charge in [0.2, 0.25) is 5.91 Å². The Labute approximate surface area is 259 Å². The van der Waals surface area contributed by atoms with Crippen LogP contribution >= 0.6 is 0 Å². The molecule has 2 fully saturated rings. The molecule has 3 aliphatic heterocycles. The lowest BCUT2D eigenvalue weighted by atomic mass is 9.99. The first kappa shape index (κ1) is 30.1. The van der Waals surface area contributed by atoms with E-state index in [2.05, 4.69) is 71.1 Å². The maximum absolute atomic E-state index is 13.1. The number of aliphatic hydroxyl groups excluding tert-OH is 1. The van der Waals surface area contributed by atoms with E-state index < -0.39 is 5.92 Å². The Morgan fingerprint density at radius 3 is 2.68 bits per heavy atom. The number of nitrogens with zero attached hydrogens (tertiary/aromatic N) is 7. The van der Waals surface area contributed by atoms with E-state index in [0.717, 1.165) is 43.0 Å². The second-order valence-corrected chi connectivity index (χ2v) is 12.5. The number of piperazine rings is 1. The summed E-state index contributed by atoms with van der Waals surface area (Å²) < 4.78 is 6.31. The molecule has 1 aromatic heterocycles. The number of fused-ring (bicyclic) bond motifs is 2. The highest BCUT2D eigenvalue weighted by molar-refractivity contribution is 5.97. The quantitative estimate of drug-likeness (QED) is 0.417. The second kappa shape index (κ2) is 13.0. The number of carbonyl (C=O) groups is 1. The van der Waals surface area contributed by atoms with Crippen LogP contribution in [0.4, 0.5) is 11.5 Å². The van der Waals surface area contributed by atoms with Crippen LogP contribution in [0.15, 0.2) is 36.4 Å². The van der Waals surface area contributed by atoms with Crippen LogP contribution in [0.3, 0.4) is 0 Å². The van der Waals surface area contributed by atoms with Crippen LogP contribution in [0, 0.1) is 24.2 Å². The minimum atomic E-state index is -0.494. The maximum atomic E-state index is 13.1. The van der Waals surface area contributed by atoms with Gasteiger partial charge in [-0.2, -0.15) is 15.2 Å². The molecule has 3 aromatic rings. The predicted molar refractivity (Wildman–Crippen MR) is 171 cm³/mol. The number of hydrogen-bond acceptors (Lipinski definition) is 9. The number of ether oxygens (including phenoxy) is 1. The van der Waals surface area contributed by atoms with Crippen LogP contribution in [-0.4, -0.2) is 95.9 Å². The van der Waals surface area contributed by atoms with Gasteiger partial charge in [-0.1, -0.05) is 37.3 Å². The molecule has 1 unspecified atom stereocenters. The maximum Gasteiger partial charge on any atom is 0.318 e. The number of carbonyl (C=O) groups excluding carboxylic acids is 1. The van der Waals surface area contributed by atoms with E-state index in [1.54, 1.807) is 11.8 Å². The minimum absolute atomic E-state index is 0.108. The predicted octanol–water partition coefficient (Wildman–Crippen LogP) is 3.53. The van der Waals surface area contributed by atoms with E-state index in [1.807, 2.05) is 0 Å². The first-order valence-electron chi connectivity index (χ1n) is 15.9. The molecule has 232 valence electrons. The molecule has 10 heteroatoms. The third kappa shape index (κ3) is 5.91. The van der Waals surface area contributed by atoms with Gasteiger partial charge in [-0.05, 0) is 56.8 Å². The molecule has 0 bridgehead atoms. The van der Waals surface area contributed by atoms with Gasteiger partial charge >= 0.3 is 6.01 Å². The topological polar surface area (TPSA) is 109 Å². The van der Waals surface area contributed by atoms with Gasteiger partial charge in [0, 0.05) is 48.9 Å². The van der Waals surface area contributed by atoms with Crippen LogP contribution in [0.25, 0.3) is 10.8 Å². The molecule has 3 atom stereocenters. The van der Waals surface area contributed by atoms with E-state index in [1.165, 1.54) is 28.4 Å². The largest absolute Gasteiger partial charge is 0.462 e. The van der Waals surface area contributed by atoms with Crippen molar-refractivity contribution in [2.75, 3.05) is 62.8 Å². The molecule has 2 aromatic carbocycles. The number of benzene rings is 2. The van der Waals surface area contributed by atoms with E-state index in [-0.39, 0.29) is 25.0 Å². The SMILES string of the molecule is Cc1cccc2cccc(N3CCc4c(nc(OC[C@@H]5CCCN5C)nc4N4CCN(C(=O)C(C)CO)[C@@H](CC#N)C4)C3)c12. The zero-order valence-corrected chi connectivity index (χ0v) is 26.1. The third-order valence-electron chi connectivity index (χ3n) is 9.62. The van der Waals surface area contributed by atoms with Crippen molar-refractivity contribution in [3.8, 4) is 12.1 Å². The number of hydrogen-bond donors (Lipinski definition) is 1. The molecule has 1 amide bonds. The normalized spacial score (nSPS) is 21.3. The first-order chi connectivity index (χ1) is 21.4. The van der Waals surface area contributed by atoms with Gasteiger partial charge in [0.25, 0.3) is 0 Å². The standard InChI is InChI=1S/C34H43N7O3/c1-23-7-4-8-25-9-5-11-30(31(23)25)39-16-13-28-29(20-39)36-34(44-22-27-10-6-15-38(27)3)37-32(28)40-17-18-41(26(19-40)12-14-35)33(43)24(2)21-42/h4-5,7-9,11,24,26-27,42H,6,10,12-13,15-22H2,1-3H3/t24?,26-,27-/m0/s1. The molecule has 0 spiro atoms. The molecule has 44 heavy (non-hydrogen) atoms. The highest BCUT2D eigenvalue weighted by atomic mass is 16.5. The number of rotatable bonds is 8. The van der Waals surface area contributed by atoms with Gasteiger partial charge in [-0.15, -0.1) is 0 Å². The Morgan fingerprint density at radius 2 is 1.93 bits per heavy atom. The summed E-state index contributed by atoms with van der Waals surface area (Å²) >= 11 is 0. The summed E-state index contributed by atoms with van der Waals surface area (Å²) in [4.78, 5) is 31.8. The van der Waals surface area contributed by atoms with Crippen molar-refractivity contribution >= 4 is 28.2 Å². The third-order valence-corrected chi connectivity index (χ3v) is 9.62. The summed E-state index contributed by atoms with van der Waals surface area (Å²) in [5, 5.41) is 21.7. The number of amides is 1. The number of aliphatic hydroxyl groups is 1. The van der Waals surface area contributed by atoms with Gasteiger partial charge in [0.05, 0.1) is 43.3 Å². The average molecular weight is 598 g/mol. The number of anilines is 2. The number of likely N-dealkylation sites (N-methyl/N-ethyl adjacent to an activating group) is 1. The zero-order valence-electron chi connectivity index (χ0n) is 26.1. The van der Waals surface area contributed by atoms with E-state index in [4.69, 9.17) is 14.7 Å². The van der Waals surface area contributed by atoms with Crippen LogP contribution in [-0.2, 0) is 17.8 Å². The van der Waals surface area contributed by atoms with Crippen LogP contribution in [0.1, 0.15) is 43.0 Å². The number of aromatic nitrogens is 2. The van der Waals surface area contributed by atoms with Gasteiger partial charge in [0.1, 0.15) is 12.4 Å². The molecule has 4 heterocycles. The number of likely N-dealkylation sites (tertiary alicyclic amines) is 1. The lowest BCUT2D eigenvalue weighted by Crippen LogP contribution is -2.57. The Bertz CT molecular complexity index is 1550. The number of nitriles is 1. The lowest BCUT2D eigenvalue weighted by molar-refractivity contribution is -0.138. The number of aryl methyl sites for hydroxylation is 1. The molecule has 6 rings (SSSR count). The van der Waals surface area contributed by atoms with E-state index in [0.29, 0.717) is 44.8 Å². The van der Waals surface area contributed by atoms with Crippen LogP contribution in [0.2, 0.25) is 0 Å². The Kier molecular flexibility index (Phi) is 8.87. The molecule has 0 radical (unpaired) electrons. The fraction of sp³-hybridized carbons (Fsp3) is 0.529. The fourth-order valence-corrected chi connectivity index (χ4v) is 7.03. The summed E-state index contributed by atoms with van der Waals surface area (Å²) in [5.74, 6) is 0.249. The lowest BCUT2D eigenvalue weighted by Gasteiger charge is -2.43. The summed E-state index contributed by atoms with van der Waals surface area (Å²) in [6, 6.07) is 15.7. The second-order valence-electron chi connectivity index (χ2n) is 12.5. The summed E-state index contributed by atoms with van der Waals surface area (Å²) in [6.07, 6.45) is 3.26. The van der Waals surface area contributed by atoms with Gasteiger partial charge in [-0.3, -0.25) is 4.79 Å². The van der Waals surface area contributed by atoms with Crippen molar-refractivity contribution in [1.82, 2.24) is 19.8 Å².